The molecule has 0 spiro atoms. The van der Waals surface area contributed by atoms with Crippen molar-refractivity contribution in [3.05, 3.63) is 46.6 Å². The van der Waals surface area contributed by atoms with Crippen molar-refractivity contribution in [1.82, 2.24) is 0 Å². The second-order valence-corrected chi connectivity index (χ2v) is 3.54. The Kier molecular flexibility index (Phi) is 4.06. The Labute approximate surface area is 105 Å². The van der Waals surface area contributed by atoms with E-state index in [2.05, 4.69) is 12.1 Å². The number of rotatable bonds is 2. The van der Waals surface area contributed by atoms with Gasteiger partial charge in [0.1, 0.15) is 0 Å². The zero-order valence-electron chi connectivity index (χ0n) is 8.86. The van der Waals surface area contributed by atoms with Gasteiger partial charge in [-0.1, -0.05) is 30.2 Å². The topological polar surface area (TPSA) is 40.9 Å². The van der Waals surface area contributed by atoms with E-state index in [0.717, 1.165) is 23.1 Å². The summed E-state index contributed by atoms with van der Waals surface area (Å²) in [6.45, 7) is 1.56. The number of nitrogens with zero attached hydrogens (tertiary/aromatic N) is 1. The molecule has 2 rings (SSSR count). The monoisotopic (exact) mass is 252 g/mol. The molecule has 0 heterocycles. The summed E-state index contributed by atoms with van der Waals surface area (Å²) in [4.78, 5) is 11.4. The first-order chi connectivity index (χ1) is 7.24. The van der Waals surface area contributed by atoms with Crippen LogP contribution in [0.2, 0.25) is 0 Å². The third kappa shape index (κ3) is 2.09. The molecule has 0 bridgehead atoms. The van der Waals surface area contributed by atoms with E-state index < -0.39 is 0 Å². The van der Waals surface area contributed by atoms with Crippen molar-refractivity contribution < 1.29 is 21.9 Å². The van der Waals surface area contributed by atoms with E-state index in [9.17, 15) is 4.79 Å². The second-order valence-electron chi connectivity index (χ2n) is 3.54. The van der Waals surface area contributed by atoms with Crippen LogP contribution in [-0.4, -0.2) is 5.78 Å². The summed E-state index contributed by atoms with van der Waals surface area (Å²) in [5, 5.41) is 8.90. The maximum atomic E-state index is 11.4. The summed E-state index contributed by atoms with van der Waals surface area (Å²) in [6.07, 6.45) is 10.2. The number of carbonyl (C=O) groups is 1. The molecule has 0 aliphatic heterocycles. The first-order valence-corrected chi connectivity index (χ1v) is 4.86. The third-order valence-corrected chi connectivity index (χ3v) is 2.60. The van der Waals surface area contributed by atoms with Gasteiger partial charge in [-0.3, -0.25) is 10.1 Å². The van der Waals surface area contributed by atoms with E-state index in [1.54, 1.807) is 6.92 Å². The van der Waals surface area contributed by atoms with Crippen LogP contribution in [0.4, 0.5) is 0 Å². The average Bonchev–Trinajstić information content (AvgIpc) is 2.85. The molecular formula is C13H10FeNO-. The first kappa shape index (κ1) is 12.7. The number of nitriles is 1. The van der Waals surface area contributed by atoms with Crippen LogP contribution in [0.15, 0.2) is 40.5 Å². The van der Waals surface area contributed by atoms with Gasteiger partial charge in [0, 0.05) is 22.6 Å². The molecule has 16 heavy (non-hydrogen) atoms. The van der Waals surface area contributed by atoms with Crippen LogP contribution in [-0.2, 0) is 21.9 Å². The molecule has 0 unspecified atom stereocenters. The van der Waals surface area contributed by atoms with Crippen LogP contribution < -0.4 is 0 Å². The number of ketones is 1. The molecule has 0 aromatic rings. The minimum absolute atomic E-state index is 0. The molecule has 2 aliphatic carbocycles. The molecule has 0 saturated heterocycles. The molecule has 2 aliphatic rings. The molecule has 0 aromatic heterocycles. The van der Waals surface area contributed by atoms with Gasteiger partial charge in [-0.15, -0.1) is 17.2 Å². The molecule has 0 atom stereocenters. The van der Waals surface area contributed by atoms with Crippen LogP contribution in [0.25, 0.3) is 0 Å². The minimum atomic E-state index is 0. The van der Waals surface area contributed by atoms with Gasteiger partial charge in [-0.2, -0.15) is 6.08 Å². The van der Waals surface area contributed by atoms with Gasteiger partial charge in [0.05, 0.1) is 0 Å². The average molecular weight is 252 g/mol. The van der Waals surface area contributed by atoms with E-state index in [4.69, 9.17) is 5.26 Å². The fraction of sp³-hybridized carbons (Fsp3) is 0.231. The van der Waals surface area contributed by atoms with Crippen LogP contribution in [0.5, 0.6) is 0 Å². The predicted molar refractivity (Wildman–Crippen MR) is 56.5 cm³/mol. The summed E-state index contributed by atoms with van der Waals surface area (Å²) >= 11 is 0. The van der Waals surface area contributed by atoms with E-state index in [0.29, 0.717) is 12.0 Å². The molecule has 0 amide bonds. The molecule has 0 aromatic carbocycles. The van der Waals surface area contributed by atoms with Gasteiger partial charge in [-0.25, -0.2) is 0 Å². The Bertz CT molecular complexity index is 487. The van der Waals surface area contributed by atoms with Crippen molar-refractivity contribution in [3.8, 4) is 6.07 Å². The van der Waals surface area contributed by atoms with Crippen molar-refractivity contribution >= 4 is 5.78 Å². The number of carbonyl (C=O) groups excluding carboxylic acids is 1. The number of allylic oxidation sites excluding steroid dienone is 8. The Hall–Kier alpha value is -1.36. The summed E-state index contributed by atoms with van der Waals surface area (Å²) in [5.74, 6) is 0.0591. The zero-order valence-corrected chi connectivity index (χ0v) is 9.96. The Morgan fingerprint density at radius 3 is 2.94 bits per heavy atom. The van der Waals surface area contributed by atoms with Crippen molar-refractivity contribution in [2.24, 2.45) is 0 Å². The van der Waals surface area contributed by atoms with E-state index in [1.807, 2.05) is 18.2 Å². The predicted octanol–water partition coefficient (Wildman–Crippen LogP) is 2.41. The summed E-state index contributed by atoms with van der Waals surface area (Å²) < 4.78 is 0. The van der Waals surface area contributed by atoms with Crippen molar-refractivity contribution in [2.45, 2.75) is 19.8 Å². The van der Waals surface area contributed by atoms with Crippen LogP contribution in [0.3, 0.4) is 0 Å². The Morgan fingerprint density at radius 2 is 2.31 bits per heavy atom. The fourth-order valence-electron chi connectivity index (χ4n) is 1.92. The van der Waals surface area contributed by atoms with Crippen molar-refractivity contribution in [3.63, 3.8) is 0 Å². The molecule has 0 saturated carbocycles. The largest absolute Gasteiger partial charge is 0.295 e. The quantitative estimate of drug-likeness (QED) is 0.559. The van der Waals surface area contributed by atoms with Gasteiger partial charge in [0.25, 0.3) is 0 Å². The summed E-state index contributed by atoms with van der Waals surface area (Å²) in [5.41, 5.74) is 3.18. The maximum absolute atomic E-state index is 11.4. The van der Waals surface area contributed by atoms with Crippen LogP contribution in [0.1, 0.15) is 19.8 Å². The van der Waals surface area contributed by atoms with Gasteiger partial charge in [0.15, 0.2) is 5.78 Å². The van der Waals surface area contributed by atoms with E-state index in [1.165, 1.54) is 0 Å². The van der Waals surface area contributed by atoms with Crippen LogP contribution >= 0.6 is 0 Å². The molecular weight excluding hydrogens is 242 g/mol. The van der Waals surface area contributed by atoms with Gasteiger partial charge < -0.3 is 0 Å². The van der Waals surface area contributed by atoms with E-state index in [-0.39, 0.29) is 22.9 Å². The van der Waals surface area contributed by atoms with E-state index >= 15 is 0 Å². The summed E-state index contributed by atoms with van der Waals surface area (Å²) in [7, 11) is 0. The minimum Gasteiger partial charge on any atom is -0.295 e. The third-order valence-electron chi connectivity index (χ3n) is 2.60. The zero-order chi connectivity index (χ0) is 10.8. The molecule has 0 radical (unpaired) electrons. The summed E-state index contributed by atoms with van der Waals surface area (Å²) in [6, 6.07) is 2.11. The van der Waals surface area contributed by atoms with Gasteiger partial charge in [-0.05, 0) is 13.3 Å². The van der Waals surface area contributed by atoms with Crippen molar-refractivity contribution in [1.29, 1.82) is 5.26 Å². The fourth-order valence-corrected chi connectivity index (χ4v) is 1.92. The Morgan fingerprint density at radius 1 is 1.56 bits per heavy atom. The molecule has 2 nitrogen and oxygen atoms in total. The molecule has 0 N–H and O–H groups in total. The molecule has 82 valence electrons. The van der Waals surface area contributed by atoms with Gasteiger partial charge in [0.2, 0.25) is 0 Å². The molecule has 3 heteroatoms. The van der Waals surface area contributed by atoms with Crippen molar-refractivity contribution in [2.75, 3.05) is 0 Å². The van der Waals surface area contributed by atoms with Gasteiger partial charge >= 0.3 is 0 Å². The number of hydrogen-bond donors (Lipinski definition) is 0. The normalized spacial score (nSPS) is 17.8. The first-order valence-electron chi connectivity index (χ1n) is 4.86. The number of Topliss-reactive ketones (excluding diaryl/α,β-unsaturated/α-hetero) is 1. The smallest absolute Gasteiger partial charge is 0.159 e. The van der Waals surface area contributed by atoms with Crippen LogP contribution in [0, 0.1) is 17.4 Å². The Balaban J connectivity index is 0.00000128. The maximum Gasteiger partial charge on any atom is 0.159 e. The SMILES string of the molecule is CC(=O)C1=C(C2=CC[C-]=C2C#N)CC=C1.[Fe]. The standard InChI is InChI=1S/C13H10NO.Fe/c1-9(15)11-5-3-7-13(11)12-6-2-4-10(12)8-14;/h3,5-6H,2,7H2,1H3;/q-1;. The molecule has 0 fully saturated rings. The second kappa shape index (κ2) is 5.12. The number of hydrogen-bond acceptors (Lipinski definition) is 2.